The largest absolute Gasteiger partial charge is 0.508 e. The van der Waals surface area contributed by atoms with Crippen molar-refractivity contribution in [3.05, 3.63) is 29.3 Å². The molecular weight excluding hydrogens is 226 g/mol. The Balaban J connectivity index is 2.21. The number of phenolic OH excluding ortho intramolecular Hbond substituents is 1. The van der Waals surface area contributed by atoms with Gasteiger partial charge in [0.1, 0.15) is 5.75 Å². The summed E-state index contributed by atoms with van der Waals surface area (Å²) in [5.74, 6) is 0.253. The lowest BCUT2D eigenvalue weighted by atomic mass is 9.98. The van der Waals surface area contributed by atoms with Gasteiger partial charge in [-0.05, 0) is 50.3 Å². The van der Waals surface area contributed by atoms with Crippen LogP contribution in [0.25, 0.3) is 0 Å². The maximum Gasteiger partial charge on any atom is 0.254 e. The SMILES string of the molecule is CCC1CCCCN1C(=O)c1ccc(C)c(O)c1. The number of aromatic hydroxyl groups is 1. The molecule has 1 aliphatic rings. The van der Waals surface area contributed by atoms with E-state index in [0.29, 0.717) is 11.6 Å². The first-order valence-corrected chi connectivity index (χ1v) is 6.74. The van der Waals surface area contributed by atoms with Gasteiger partial charge in [0.2, 0.25) is 0 Å². The second-order valence-corrected chi connectivity index (χ2v) is 5.06. The third kappa shape index (κ3) is 2.50. The lowest BCUT2D eigenvalue weighted by Crippen LogP contribution is -2.43. The van der Waals surface area contributed by atoms with Gasteiger partial charge in [0.25, 0.3) is 5.91 Å². The van der Waals surface area contributed by atoms with Crippen molar-refractivity contribution >= 4 is 5.91 Å². The summed E-state index contributed by atoms with van der Waals surface area (Å²) in [7, 11) is 0. The zero-order valence-electron chi connectivity index (χ0n) is 11.1. The van der Waals surface area contributed by atoms with Crippen LogP contribution in [0.3, 0.4) is 0 Å². The van der Waals surface area contributed by atoms with E-state index in [1.54, 1.807) is 18.2 Å². The first-order valence-electron chi connectivity index (χ1n) is 6.74. The molecule has 1 aromatic carbocycles. The molecule has 2 rings (SSSR count). The predicted octanol–water partition coefficient (Wildman–Crippen LogP) is 3.11. The van der Waals surface area contributed by atoms with Crippen LogP contribution in [-0.2, 0) is 0 Å². The zero-order chi connectivity index (χ0) is 13.1. The highest BCUT2D eigenvalue weighted by atomic mass is 16.3. The molecule has 1 fully saturated rings. The fourth-order valence-corrected chi connectivity index (χ4v) is 2.60. The van der Waals surface area contributed by atoms with Crippen molar-refractivity contribution in [2.24, 2.45) is 0 Å². The number of amides is 1. The van der Waals surface area contributed by atoms with Crippen molar-refractivity contribution in [1.29, 1.82) is 0 Å². The van der Waals surface area contributed by atoms with Gasteiger partial charge >= 0.3 is 0 Å². The van der Waals surface area contributed by atoms with Crippen LogP contribution in [0.4, 0.5) is 0 Å². The molecule has 3 heteroatoms. The quantitative estimate of drug-likeness (QED) is 0.872. The van der Waals surface area contributed by atoms with E-state index in [1.807, 2.05) is 11.8 Å². The van der Waals surface area contributed by atoms with Crippen LogP contribution < -0.4 is 0 Å². The minimum absolute atomic E-state index is 0.0526. The van der Waals surface area contributed by atoms with Crippen LogP contribution in [-0.4, -0.2) is 28.5 Å². The Hall–Kier alpha value is -1.51. The minimum atomic E-state index is 0.0526. The molecule has 1 amide bonds. The zero-order valence-corrected chi connectivity index (χ0v) is 11.1. The van der Waals surface area contributed by atoms with E-state index in [-0.39, 0.29) is 11.7 Å². The molecule has 1 aromatic rings. The number of aryl methyl sites for hydroxylation is 1. The van der Waals surface area contributed by atoms with Crippen LogP contribution in [0.15, 0.2) is 18.2 Å². The van der Waals surface area contributed by atoms with Crippen molar-refractivity contribution in [3.63, 3.8) is 0 Å². The van der Waals surface area contributed by atoms with Gasteiger partial charge in [-0.2, -0.15) is 0 Å². The van der Waals surface area contributed by atoms with Crippen LogP contribution in [0.5, 0.6) is 5.75 Å². The average molecular weight is 247 g/mol. The van der Waals surface area contributed by atoms with Gasteiger partial charge < -0.3 is 10.0 Å². The summed E-state index contributed by atoms with van der Waals surface area (Å²) in [6, 6.07) is 5.54. The van der Waals surface area contributed by atoms with Gasteiger partial charge in [0, 0.05) is 18.2 Å². The summed E-state index contributed by atoms with van der Waals surface area (Å²) in [5.41, 5.74) is 1.40. The lowest BCUT2D eigenvalue weighted by Gasteiger charge is -2.35. The van der Waals surface area contributed by atoms with E-state index in [9.17, 15) is 9.90 Å². The number of rotatable bonds is 2. The number of hydrogen-bond acceptors (Lipinski definition) is 2. The number of benzene rings is 1. The normalized spacial score (nSPS) is 19.9. The maximum absolute atomic E-state index is 12.4. The smallest absolute Gasteiger partial charge is 0.254 e. The third-order valence-electron chi connectivity index (χ3n) is 3.82. The number of hydrogen-bond donors (Lipinski definition) is 1. The van der Waals surface area contributed by atoms with Crippen LogP contribution in [0, 0.1) is 6.92 Å². The highest BCUT2D eigenvalue weighted by molar-refractivity contribution is 5.95. The molecule has 0 bridgehead atoms. The molecule has 0 spiro atoms. The average Bonchev–Trinajstić information content (AvgIpc) is 2.41. The first kappa shape index (κ1) is 12.9. The van der Waals surface area contributed by atoms with Crippen LogP contribution in [0.2, 0.25) is 0 Å². The van der Waals surface area contributed by atoms with E-state index in [1.165, 1.54) is 6.42 Å². The Morgan fingerprint density at radius 2 is 2.22 bits per heavy atom. The van der Waals surface area contributed by atoms with E-state index >= 15 is 0 Å². The summed E-state index contributed by atoms with van der Waals surface area (Å²) in [6.45, 7) is 4.80. The molecular formula is C15H21NO2. The fourth-order valence-electron chi connectivity index (χ4n) is 2.60. The number of carbonyl (C=O) groups excluding carboxylic acids is 1. The van der Waals surface area contributed by atoms with Gasteiger partial charge in [0.15, 0.2) is 0 Å². The number of piperidine rings is 1. The number of phenols is 1. The Morgan fingerprint density at radius 3 is 2.89 bits per heavy atom. The summed E-state index contributed by atoms with van der Waals surface area (Å²) in [4.78, 5) is 14.4. The van der Waals surface area contributed by atoms with Gasteiger partial charge in [-0.15, -0.1) is 0 Å². The highest BCUT2D eigenvalue weighted by Gasteiger charge is 2.26. The second-order valence-electron chi connectivity index (χ2n) is 5.06. The molecule has 0 aromatic heterocycles. The van der Waals surface area contributed by atoms with Crippen molar-refractivity contribution in [1.82, 2.24) is 4.90 Å². The van der Waals surface area contributed by atoms with Gasteiger partial charge in [-0.25, -0.2) is 0 Å². The Bertz CT molecular complexity index is 442. The molecule has 3 nitrogen and oxygen atoms in total. The molecule has 0 aliphatic carbocycles. The Kier molecular flexibility index (Phi) is 3.90. The van der Waals surface area contributed by atoms with Crippen molar-refractivity contribution in [2.45, 2.75) is 45.6 Å². The number of nitrogens with zero attached hydrogens (tertiary/aromatic N) is 1. The third-order valence-corrected chi connectivity index (χ3v) is 3.82. The predicted molar refractivity (Wildman–Crippen MR) is 71.8 cm³/mol. The standard InChI is InChI=1S/C15H21NO2/c1-3-13-6-4-5-9-16(13)15(18)12-8-7-11(2)14(17)10-12/h7-8,10,13,17H,3-6,9H2,1-2H3. The lowest BCUT2D eigenvalue weighted by molar-refractivity contribution is 0.0607. The highest BCUT2D eigenvalue weighted by Crippen LogP contribution is 2.24. The van der Waals surface area contributed by atoms with Crippen molar-refractivity contribution in [2.75, 3.05) is 6.54 Å². The van der Waals surface area contributed by atoms with Gasteiger partial charge in [-0.1, -0.05) is 13.0 Å². The maximum atomic E-state index is 12.4. The fraction of sp³-hybridized carbons (Fsp3) is 0.533. The molecule has 0 radical (unpaired) electrons. The van der Waals surface area contributed by atoms with E-state index in [2.05, 4.69) is 6.92 Å². The van der Waals surface area contributed by atoms with Gasteiger partial charge in [0.05, 0.1) is 0 Å². The Morgan fingerprint density at radius 1 is 1.44 bits per heavy atom. The molecule has 0 saturated carbocycles. The van der Waals surface area contributed by atoms with E-state index in [4.69, 9.17) is 0 Å². The van der Waals surface area contributed by atoms with Crippen LogP contribution >= 0.6 is 0 Å². The van der Waals surface area contributed by atoms with E-state index in [0.717, 1.165) is 31.4 Å². The monoisotopic (exact) mass is 247 g/mol. The molecule has 18 heavy (non-hydrogen) atoms. The summed E-state index contributed by atoms with van der Waals surface area (Å²) < 4.78 is 0. The van der Waals surface area contributed by atoms with Crippen LogP contribution in [0.1, 0.15) is 48.5 Å². The first-order chi connectivity index (χ1) is 8.63. The Labute approximate surface area is 108 Å². The minimum Gasteiger partial charge on any atom is -0.508 e. The van der Waals surface area contributed by atoms with Gasteiger partial charge in [-0.3, -0.25) is 4.79 Å². The summed E-state index contributed by atoms with van der Waals surface area (Å²) in [6.07, 6.45) is 4.39. The topological polar surface area (TPSA) is 40.5 Å². The molecule has 1 heterocycles. The summed E-state index contributed by atoms with van der Waals surface area (Å²) >= 11 is 0. The molecule has 98 valence electrons. The molecule has 1 unspecified atom stereocenters. The van der Waals surface area contributed by atoms with Crippen molar-refractivity contribution in [3.8, 4) is 5.75 Å². The number of likely N-dealkylation sites (tertiary alicyclic amines) is 1. The van der Waals surface area contributed by atoms with E-state index < -0.39 is 0 Å². The van der Waals surface area contributed by atoms with Crippen molar-refractivity contribution < 1.29 is 9.90 Å². The second kappa shape index (κ2) is 5.42. The molecule has 1 N–H and O–H groups in total. The molecule has 1 aliphatic heterocycles. The molecule has 1 atom stereocenters. The summed E-state index contributed by atoms with van der Waals surface area (Å²) in [5, 5.41) is 9.70. The molecule has 1 saturated heterocycles. The number of carbonyl (C=O) groups is 1.